The molecule has 0 unspecified atom stereocenters. The van der Waals surface area contributed by atoms with E-state index in [0.717, 1.165) is 22.2 Å². The van der Waals surface area contributed by atoms with E-state index in [2.05, 4.69) is 49.6 Å². The molecule has 4 rings (SSSR count). The molecule has 150 valence electrons. The first-order valence-electron chi connectivity index (χ1n) is 9.31. The molecule has 0 bridgehead atoms. The summed E-state index contributed by atoms with van der Waals surface area (Å²) in [5, 5.41) is 22.5. The summed E-state index contributed by atoms with van der Waals surface area (Å²) in [6, 6.07) is 11.0. The van der Waals surface area contributed by atoms with Crippen LogP contribution in [-0.2, 0) is 0 Å². The second-order valence-corrected chi connectivity index (χ2v) is 6.97. The number of carbonyl (C=O) groups is 1. The topological polar surface area (TPSA) is 126 Å². The number of amides is 1. The summed E-state index contributed by atoms with van der Waals surface area (Å²) >= 11 is 0. The number of hydrogen-bond acceptors (Lipinski definition) is 7. The van der Waals surface area contributed by atoms with Gasteiger partial charge in [0, 0.05) is 18.0 Å². The zero-order valence-electron chi connectivity index (χ0n) is 16.4. The number of nitrogens with one attached hydrogen (secondary N) is 2. The smallest absolute Gasteiger partial charge is 0.410 e. The molecular formula is C21H19N7O2. The molecule has 3 N–H and O–H groups in total. The van der Waals surface area contributed by atoms with Crippen LogP contribution in [0.25, 0.3) is 22.2 Å². The molecular weight excluding hydrogens is 382 g/mol. The highest BCUT2D eigenvalue weighted by atomic mass is 16.4. The number of aromatic nitrogens is 5. The maximum absolute atomic E-state index is 10.8. The molecule has 0 spiro atoms. The Balaban J connectivity index is 1.65. The Kier molecular flexibility index (Phi) is 5.17. The SMILES string of the molecule is CC(C)c1cnnc(Nc2ccc3ncc(-c4ccnc(NC(=O)O)c4)cc3n2)c1. The molecule has 0 aliphatic heterocycles. The fraction of sp³-hybridized carbons (Fsp3) is 0.143. The first kappa shape index (κ1) is 19.2. The number of carboxylic acid groups (broad SMARTS) is 1. The van der Waals surface area contributed by atoms with Crippen LogP contribution in [0.2, 0.25) is 0 Å². The van der Waals surface area contributed by atoms with E-state index in [0.29, 0.717) is 23.1 Å². The third kappa shape index (κ3) is 4.30. The molecule has 4 aromatic heterocycles. The molecule has 1 amide bonds. The van der Waals surface area contributed by atoms with Gasteiger partial charge in [0.15, 0.2) is 5.82 Å². The number of hydrogen-bond donors (Lipinski definition) is 3. The Morgan fingerprint density at radius 1 is 0.933 bits per heavy atom. The lowest BCUT2D eigenvalue weighted by Crippen LogP contribution is -2.08. The van der Waals surface area contributed by atoms with Crippen LogP contribution in [0.5, 0.6) is 0 Å². The molecule has 0 aliphatic rings. The molecule has 9 nitrogen and oxygen atoms in total. The van der Waals surface area contributed by atoms with Crippen molar-refractivity contribution in [1.29, 1.82) is 0 Å². The van der Waals surface area contributed by atoms with Gasteiger partial charge in [-0.2, -0.15) is 5.10 Å². The van der Waals surface area contributed by atoms with E-state index in [1.807, 2.05) is 24.3 Å². The first-order valence-corrected chi connectivity index (χ1v) is 9.31. The van der Waals surface area contributed by atoms with E-state index in [-0.39, 0.29) is 5.82 Å². The van der Waals surface area contributed by atoms with Gasteiger partial charge in [-0.3, -0.25) is 10.3 Å². The third-order valence-electron chi connectivity index (χ3n) is 4.46. The van der Waals surface area contributed by atoms with Gasteiger partial charge in [-0.15, -0.1) is 5.10 Å². The Morgan fingerprint density at radius 3 is 2.60 bits per heavy atom. The lowest BCUT2D eigenvalue weighted by molar-refractivity contribution is 0.209. The molecule has 0 aromatic carbocycles. The van der Waals surface area contributed by atoms with Gasteiger partial charge in [0.1, 0.15) is 11.6 Å². The maximum Gasteiger partial charge on any atom is 0.410 e. The molecule has 0 aliphatic carbocycles. The Morgan fingerprint density at radius 2 is 1.80 bits per heavy atom. The zero-order valence-corrected chi connectivity index (χ0v) is 16.4. The Hall–Kier alpha value is -4.14. The number of pyridine rings is 3. The summed E-state index contributed by atoms with van der Waals surface area (Å²) in [4.78, 5) is 23.9. The van der Waals surface area contributed by atoms with Crippen LogP contribution in [0.4, 0.5) is 22.2 Å². The first-order chi connectivity index (χ1) is 14.5. The summed E-state index contributed by atoms with van der Waals surface area (Å²) in [6.45, 7) is 4.19. The van der Waals surface area contributed by atoms with Crippen molar-refractivity contribution in [2.75, 3.05) is 10.6 Å². The van der Waals surface area contributed by atoms with E-state index in [1.165, 1.54) is 6.20 Å². The van der Waals surface area contributed by atoms with Crippen molar-refractivity contribution < 1.29 is 9.90 Å². The van der Waals surface area contributed by atoms with Gasteiger partial charge in [-0.1, -0.05) is 13.8 Å². The van der Waals surface area contributed by atoms with Gasteiger partial charge in [0.25, 0.3) is 0 Å². The molecule has 30 heavy (non-hydrogen) atoms. The summed E-state index contributed by atoms with van der Waals surface area (Å²) < 4.78 is 0. The van der Waals surface area contributed by atoms with Gasteiger partial charge in [-0.25, -0.2) is 14.8 Å². The summed E-state index contributed by atoms with van der Waals surface area (Å²) in [7, 11) is 0. The van der Waals surface area contributed by atoms with Gasteiger partial charge in [-0.05, 0) is 53.4 Å². The monoisotopic (exact) mass is 401 g/mol. The fourth-order valence-corrected chi connectivity index (χ4v) is 2.91. The standard InChI is InChI=1S/C21H19N7O2/c1-12(2)14-9-20(28-24-11-14)26-18-4-3-16-17(25-18)7-15(10-23-16)13-5-6-22-19(8-13)27-21(29)30/h3-12H,1-2H3,(H,22,27)(H,29,30)(H,25,26,28). The Bertz CT molecular complexity index is 1230. The van der Waals surface area contributed by atoms with E-state index in [9.17, 15) is 4.79 Å². The van der Waals surface area contributed by atoms with Crippen LogP contribution in [0.15, 0.2) is 55.0 Å². The van der Waals surface area contributed by atoms with Crippen LogP contribution in [0, 0.1) is 0 Å². The van der Waals surface area contributed by atoms with Gasteiger partial charge >= 0.3 is 6.09 Å². The molecule has 0 saturated carbocycles. The number of fused-ring (bicyclic) bond motifs is 1. The highest BCUT2D eigenvalue weighted by Crippen LogP contribution is 2.25. The number of nitrogens with zero attached hydrogens (tertiary/aromatic N) is 5. The minimum atomic E-state index is -1.17. The summed E-state index contributed by atoms with van der Waals surface area (Å²) in [5.74, 6) is 1.83. The van der Waals surface area contributed by atoms with Crippen molar-refractivity contribution in [1.82, 2.24) is 25.1 Å². The average molecular weight is 401 g/mol. The lowest BCUT2D eigenvalue weighted by atomic mass is 10.1. The van der Waals surface area contributed by atoms with Crippen molar-refractivity contribution in [2.45, 2.75) is 19.8 Å². The average Bonchev–Trinajstić information content (AvgIpc) is 2.73. The number of rotatable bonds is 5. The second kappa shape index (κ2) is 8.08. The van der Waals surface area contributed by atoms with Crippen molar-refractivity contribution in [3.8, 4) is 11.1 Å². The van der Waals surface area contributed by atoms with E-state index in [1.54, 1.807) is 24.5 Å². The fourth-order valence-electron chi connectivity index (χ4n) is 2.91. The minimum absolute atomic E-state index is 0.243. The summed E-state index contributed by atoms with van der Waals surface area (Å²) in [5.41, 5.74) is 4.09. The zero-order chi connectivity index (χ0) is 21.1. The summed E-state index contributed by atoms with van der Waals surface area (Å²) in [6.07, 6.45) is 3.84. The van der Waals surface area contributed by atoms with Gasteiger partial charge in [0.05, 0.1) is 17.2 Å². The van der Waals surface area contributed by atoms with Crippen LogP contribution in [0.1, 0.15) is 25.3 Å². The largest absolute Gasteiger partial charge is 0.465 e. The maximum atomic E-state index is 10.8. The predicted molar refractivity (Wildman–Crippen MR) is 114 cm³/mol. The normalized spacial score (nSPS) is 10.9. The van der Waals surface area contributed by atoms with Crippen LogP contribution in [-0.4, -0.2) is 36.3 Å². The molecule has 4 heterocycles. The minimum Gasteiger partial charge on any atom is -0.465 e. The van der Waals surface area contributed by atoms with E-state index in [4.69, 9.17) is 5.11 Å². The van der Waals surface area contributed by atoms with Gasteiger partial charge in [0.2, 0.25) is 0 Å². The molecule has 9 heteroatoms. The van der Waals surface area contributed by atoms with Crippen LogP contribution in [0.3, 0.4) is 0 Å². The number of anilines is 3. The molecule has 0 atom stereocenters. The van der Waals surface area contributed by atoms with E-state index >= 15 is 0 Å². The van der Waals surface area contributed by atoms with E-state index < -0.39 is 6.09 Å². The van der Waals surface area contributed by atoms with Crippen molar-refractivity contribution in [3.63, 3.8) is 0 Å². The van der Waals surface area contributed by atoms with Crippen LogP contribution < -0.4 is 10.6 Å². The third-order valence-corrected chi connectivity index (χ3v) is 4.46. The Labute approximate surface area is 172 Å². The predicted octanol–water partition coefficient (Wildman–Crippen LogP) is 4.44. The van der Waals surface area contributed by atoms with Gasteiger partial charge < -0.3 is 10.4 Å². The molecule has 0 radical (unpaired) electrons. The molecule has 4 aromatic rings. The van der Waals surface area contributed by atoms with Crippen molar-refractivity contribution >= 4 is 34.6 Å². The second-order valence-electron chi connectivity index (χ2n) is 6.97. The highest BCUT2D eigenvalue weighted by Gasteiger charge is 2.08. The molecule has 0 fully saturated rings. The molecule has 0 saturated heterocycles. The van der Waals surface area contributed by atoms with Crippen molar-refractivity contribution in [2.24, 2.45) is 0 Å². The quantitative estimate of drug-likeness (QED) is 0.448. The van der Waals surface area contributed by atoms with Crippen molar-refractivity contribution in [3.05, 3.63) is 60.6 Å². The lowest BCUT2D eigenvalue weighted by Gasteiger charge is -2.09. The highest BCUT2D eigenvalue weighted by molar-refractivity contribution is 5.85. The van der Waals surface area contributed by atoms with Crippen LogP contribution >= 0.6 is 0 Å².